The summed E-state index contributed by atoms with van der Waals surface area (Å²) in [6, 6.07) is 0. The van der Waals surface area contributed by atoms with E-state index in [1.807, 2.05) is 0 Å². The largest absolute Gasteiger partial charge is 0.274 e. The van der Waals surface area contributed by atoms with Gasteiger partial charge in [-0.1, -0.05) is 25.1 Å². The summed E-state index contributed by atoms with van der Waals surface area (Å²) in [6.45, 7) is 2.19. The average Bonchev–Trinajstić information content (AvgIpc) is 2.38. The first-order valence-corrected chi connectivity index (χ1v) is 5.91. The molecule has 0 aromatic rings. The molecule has 0 aromatic carbocycles. The minimum absolute atomic E-state index is 0. The van der Waals surface area contributed by atoms with Crippen LogP contribution in [0.25, 0.3) is 0 Å². The molecule has 1 aliphatic heterocycles. The van der Waals surface area contributed by atoms with Gasteiger partial charge in [-0.15, -0.1) is 24.4 Å². The number of rotatable bonds is 4. The van der Waals surface area contributed by atoms with E-state index in [-0.39, 0.29) is 33.1 Å². The normalized spacial score (nSPS) is 26.5. The van der Waals surface area contributed by atoms with Crippen molar-refractivity contribution in [3.05, 3.63) is 0 Å². The van der Waals surface area contributed by atoms with Gasteiger partial charge in [-0.2, -0.15) is 5.10 Å². The molecule has 6 heteroatoms. The van der Waals surface area contributed by atoms with Gasteiger partial charge in [-0.05, 0) is 12.2 Å². The number of nitrogens with zero attached hydrogens (tertiary/aromatic N) is 1. The van der Waals surface area contributed by atoms with Gasteiger partial charge in [0.1, 0.15) is 0 Å². The molecule has 0 spiro atoms. The van der Waals surface area contributed by atoms with Gasteiger partial charge < -0.3 is 0 Å². The predicted octanol–water partition coefficient (Wildman–Crippen LogP) is 1.96. The average molecular weight is 231 g/mol. The summed E-state index contributed by atoms with van der Waals surface area (Å²) >= 11 is 7.87. The van der Waals surface area contributed by atoms with Gasteiger partial charge in [0.2, 0.25) is 0 Å². The van der Waals surface area contributed by atoms with E-state index in [2.05, 4.69) is 30.1 Å². The van der Waals surface area contributed by atoms with E-state index >= 15 is 0 Å². The van der Waals surface area contributed by atoms with Gasteiger partial charge in [-0.25, -0.2) is 0 Å². The van der Waals surface area contributed by atoms with Crippen LogP contribution in [0.3, 0.4) is 0 Å². The topological polar surface area (TPSA) is 24.4 Å². The summed E-state index contributed by atoms with van der Waals surface area (Å²) in [4.78, 5) is 0. The van der Waals surface area contributed by atoms with E-state index in [0.29, 0.717) is 0 Å². The van der Waals surface area contributed by atoms with Crippen molar-refractivity contribution in [1.29, 1.82) is 0 Å². The van der Waals surface area contributed by atoms with Crippen LogP contribution in [-0.4, -0.2) is 44.4 Å². The molecule has 1 atom stereocenters. The van der Waals surface area contributed by atoms with Crippen LogP contribution in [-0.2, 0) is 0 Å². The zero-order chi connectivity index (χ0) is 8.16. The molecule has 1 rings (SSSR count). The third kappa shape index (κ3) is 4.67. The quantitative estimate of drug-likeness (QED) is 0.335. The molecule has 0 amide bonds. The van der Waals surface area contributed by atoms with Gasteiger partial charge in [-0.3, -0.25) is 5.43 Å². The maximum atomic E-state index is 4.44. The van der Waals surface area contributed by atoms with Crippen LogP contribution in [0.1, 0.15) is 19.8 Å². The van der Waals surface area contributed by atoms with Gasteiger partial charge in [0.15, 0.2) is 3.54 Å². The van der Waals surface area contributed by atoms with E-state index in [4.69, 9.17) is 0 Å². The molecule has 1 heterocycles. The Morgan fingerprint density at radius 3 is 3.00 bits per heavy atom. The van der Waals surface area contributed by atoms with Crippen LogP contribution in [0, 0.1) is 0 Å². The zero-order valence-corrected chi connectivity index (χ0v) is 11.9. The molecular formula is C6H12N2NaS3. The molecule has 2 nitrogen and oxygen atoms in total. The standard InChI is InChI=1S/C6H12N2S3.Na/c1-2-3-4-10-6(9)8-7-5-11-6;/h5,8-9H,2-4H2,1H3;. The minimum Gasteiger partial charge on any atom is -0.274 e. The fourth-order valence-corrected chi connectivity index (χ4v) is 2.96. The van der Waals surface area contributed by atoms with Crippen molar-refractivity contribution in [2.45, 2.75) is 23.3 Å². The summed E-state index contributed by atoms with van der Waals surface area (Å²) < 4.78 is -0.199. The Hall–Kier alpha value is 1.52. The van der Waals surface area contributed by atoms with Crippen LogP contribution in [0.15, 0.2) is 5.10 Å². The van der Waals surface area contributed by atoms with Crippen LogP contribution in [0.2, 0.25) is 0 Å². The SMILES string of the molecule is CCCCSC1(S)NN=CS1.[Na]. The number of thiol groups is 1. The van der Waals surface area contributed by atoms with Crippen molar-refractivity contribution in [1.82, 2.24) is 5.43 Å². The third-order valence-corrected chi connectivity index (χ3v) is 4.31. The second kappa shape index (κ2) is 6.90. The maximum absolute atomic E-state index is 4.44. The van der Waals surface area contributed by atoms with Crippen LogP contribution >= 0.6 is 36.2 Å². The van der Waals surface area contributed by atoms with E-state index < -0.39 is 0 Å². The molecule has 0 aliphatic carbocycles. The molecule has 65 valence electrons. The van der Waals surface area contributed by atoms with Crippen LogP contribution in [0.5, 0.6) is 0 Å². The monoisotopic (exact) mass is 231 g/mol. The Morgan fingerprint density at radius 2 is 2.50 bits per heavy atom. The van der Waals surface area contributed by atoms with Crippen molar-refractivity contribution in [3.63, 3.8) is 0 Å². The first kappa shape index (κ1) is 13.5. The smallest absolute Gasteiger partial charge is 0.196 e. The molecular weight excluding hydrogens is 219 g/mol. The van der Waals surface area contributed by atoms with Crippen molar-refractivity contribution in [2.24, 2.45) is 5.10 Å². The van der Waals surface area contributed by atoms with Gasteiger partial charge >= 0.3 is 0 Å². The molecule has 0 bridgehead atoms. The summed E-state index contributed by atoms with van der Waals surface area (Å²) in [7, 11) is 0. The Labute approximate surface area is 110 Å². The van der Waals surface area contributed by atoms with Crippen molar-refractivity contribution < 1.29 is 0 Å². The molecule has 1 N–H and O–H groups in total. The molecule has 1 aliphatic rings. The van der Waals surface area contributed by atoms with Crippen molar-refractivity contribution in [2.75, 3.05) is 5.75 Å². The van der Waals surface area contributed by atoms with Crippen molar-refractivity contribution >= 4 is 71.3 Å². The van der Waals surface area contributed by atoms with Crippen LogP contribution in [0.4, 0.5) is 0 Å². The van der Waals surface area contributed by atoms with Crippen LogP contribution < -0.4 is 5.43 Å². The fourth-order valence-electron chi connectivity index (χ4n) is 0.653. The number of hydrazone groups is 1. The number of hydrogen-bond donors (Lipinski definition) is 2. The van der Waals surface area contributed by atoms with Gasteiger partial charge in [0.05, 0.1) is 5.55 Å². The summed E-state index contributed by atoms with van der Waals surface area (Å²) in [6.07, 6.45) is 2.48. The number of hydrogen-bond acceptors (Lipinski definition) is 5. The molecule has 12 heavy (non-hydrogen) atoms. The Bertz CT molecular complexity index is 146. The van der Waals surface area contributed by atoms with E-state index in [0.717, 1.165) is 5.75 Å². The molecule has 0 saturated carbocycles. The molecule has 0 aromatic heterocycles. The molecule has 0 saturated heterocycles. The summed E-state index contributed by atoms with van der Waals surface area (Å²) in [5, 5.41) is 3.91. The van der Waals surface area contributed by atoms with Gasteiger partial charge in [0, 0.05) is 29.6 Å². The summed E-state index contributed by atoms with van der Waals surface area (Å²) in [5.74, 6) is 1.14. The maximum Gasteiger partial charge on any atom is 0.196 e. The second-order valence-electron chi connectivity index (χ2n) is 2.25. The minimum atomic E-state index is -0.199. The third-order valence-electron chi connectivity index (χ3n) is 1.27. The first-order valence-electron chi connectivity index (χ1n) is 3.60. The second-order valence-corrected chi connectivity index (χ2v) is 6.15. The predicted molar refractivity (Wildman–Crippen MR) is 64.1 cm³/mol. The summed E-state index contributed by atoms with van der Waals surface area (Å²) in [5.41, 5.74) is 4.75. The Kier molecular flexibility index (Phi) is 7.77. The molecule has 0 fully saturated rings. The number of thioether (sulfide) groups is 2. The van der Waals surface area contributed by atoms with Gasteiger partial charge in [0.25, 0.3) is 0 Å². The van der Waals surface area contributed by atoms with E-state index in [1.165, 1.54) is 12.8 Å². The van der Waals surface area contributed by atoms with E-state index in [9.17, 15) is 0 Å². The number of unbranched alkanes of at least 4 members (excludes halogenated alkanes) is 1. The first-order chi connectivity index (χ1) is 5.27. The Morgan fingerprint density at radius 1 is 1.75 bits per heavy atom. The number of nitrogens with one attached hydrogen (secondary N) is 1. The Balaban J connectivity index is 0.00000121. The zero-order valence-electron chi connectivity index (χ0n) is 7.41. The molecule has 1 radical (unpaired) electrons. The molecule has 1 unspecified atom stereocenters. The van der Waals surface area contributed by atoms with Crippen molar-refractivity contribution in [3.8, 4) is 0 Å². The van der Waals surface area contributed by atoms with E-state index in [1.54, 1.807) is 29.1 Å². The fraction of sp³-hybridized carbons (Fsp3) is 0.833.